The molecule has 22 heavy (non-hydrogen) atoms. The van der Waals surface area contributed by atoms with Crippen LogP contribution in [0.15, 0.2) is 18.2 Å². The summed E-state index contributed by atoms with van der Waals surface area (Å²) in [6.07, 6.45) is -7.81. The maximum atomic E-state index is 12.4. The van der Waals surface area contributed by atoms with E-state index < -0.39 is 48.0 Å². The Morgan fingerprint density at radius 1 is 1.45 bits per heavy atom. The van der Waals surface area contributed by atoms with E-state index >= 15 is 0 Å². The molecule has 0 amide bonds. The van der Waals surface area contributed by atoms with Gasteiger partial charge in [0.1, 0.15) is 36.1 Å². The van der Waals surface area contributed by atoms with Crippen LogP contribution < -0.4 is 4.74 Å². The third kappa shape index (κ3) is 3.13. The number of nitro groups is 1. The van der Waals surface area contributed by atoms with E-state index in [1.807, 2.05) is 0 Å². The van der Waals surface area contributed by atoms with Crippen molar-refractivity contribution in [3.63, 3.8) is 0 Å². The number of rotatable bonds is 5. The van der Waals surface area contributed by atoms with Crippen LogP contribution in [0.5, 0.6) is 5.75 Å². The average molecular weight is 338 g/mol. The number of para-hydroxylation sites is 1. The van der Waals surface area contributed by atoms with Gasteiger partial charge in [0.15, 0.2) is 0 Å². The topological polar surface area (TPSA) is 122 Å². The Labute approximate surface area is 128 Å². The molecule has 0 bridgehead atoms. The lowest BCUT2D eigenvalue weighted by Crippen LogP contribution is -2.40. The zero-order valence-corrected chi connectivity index (χ0v) is 11.8. The first-order valence-electron chi connectivity index (χ1n) is 6.22. The van der Waals surface area contributed by atoms with Crippen LogP contribution in [-0.2, 0) is 4.74 Å². The Morgan fingerprint density at radius 2 is 2.14 bits per heavy atom. The van der Waals surface area contributed by atoms with Crippen molar-refractivity contribution in [2.75, 3.05) is 6.67 Å². The summed E-state index contributed by atoms with van der Waals surface area (Å²) in [6, 6.07) is 3.89. The number of halogens is 2. The minimum Gasteiger partial charge on any atom is -0.455 e. The number of alkyl halides is 1. The Balaban J connectivity index is 2.22. The summed E-state index contributed by atoms with van der Waals surface area (Å²) in [4.78, 5) is 10.2. The summed E-state index contributed by atoms with van der Waals surface area (Å²) in [5.74, 6) is -0.288. The standard InChI is InChI=1S/C12H13ClFNO7/c13-5-2-1-3-7(8(5)15(19)20)21-12-10(18)9(17)11(22-12)6(16)4-14/h1-3,6,9-12,16-18H,4H2/t6-,9-,10-,11+,12-/m1/s1. The van der Waals surface area contributed by atoms with Gasteiger partial charge in [-0.15, -0.1) is 0 Å². The van der Waals surface area contributed by atoms with Gasteiger partial charge in [0, 0.05) is 0 Å². The highest BCUT2D eigenvalue weighted by Crippen LogP contribution is 2.36. The minimum absolute atomic E-state index is 0.184. The van der Waals surface area contributed by atoms with Crippen molar-refractivity contribution in [2.45, 2.75) is 30.7 Å². The molecular formula is C12H13ClFNO7. The van der Waals surface area contributed by atoms with Gasteiger partial charge in [0.05, 0.1) is 4.92 Å². The highest BCUT2D eigenvalue weighted by molar-refractivity contribution is 6.32. The van der Waals surface area contributed by atoms with Gasteiger partial charge in [-0.05, 0) is 12.1 Å². The zero-order chi connectivity index (χ0) is 16.4. The Kier molecular flexibility index (Phi) is 5.14. The van der Waals surface area contributed by atoms with Crippen LogP contribution in [0.3, 0.4) is 0 Å². The molecule has 122 valence electrons. The molecule has 1 heterocycles. The van der Waals surface area contributed by atoms with Gasteiger partial charge in [-0.1, -0.05) is 17.7 Å². The molecule has 1 aromatic carbocycles. The fraction of sp³-hybridized carbons (Fsp3) is 0.500. The summed E-state index contributed by atoms with van der Waals surface area (Å²) < 4.78 is 22.6. The van der Waals surface area contributed by atoms with Gasteiger partial charge >= 0.3 is 5.69 Å². The van der Waals surface area contributed by atoms with E-state index in [4.69, 9.17) is 21.1 Å². The third-order valence-corrected chi connectivity index (χ3v) is 3.47. The third-order valence-electron chi connectivity index (χ3n) is 3.17. The number of hydrogen-bond acceptors (Lipinski definition) is 7. The molecule has 1 aliphatic heterocycles. The zero-order valence-electron chi connectivity index (χ0n) is 11.0. The van der Waals surface area contributed by atoms with Gasteiger partial charge in [-0.2, -0.15) is 0 Å². The molecule has 3 N–H and O–H groups in total. The Hall–Kier alpha value is -1.52. The highest BCUT2D eigenvalue weighted by atomic mass is 35.5. The summed E-state index contributed by atoms with van der Waals surface area (Å²) in [7, 11) is 0. The van der Waals surface area contributed by atoms with Crippen molar-refractivity contribution >= 4 is 17.3 Å². The van der Waals surface area contributed by atoms with E-state index in [0.29, 0.717) is 0 Å². The smallest absolute Gasteiger partial charge is 0.329 e. The summed E-state index contributed by atoms with van der Waals surface area (Å²) >= 11 is 5.71. The fourth-order valence-corrected chi connectivity index (χ4v) is 2.30. The van der Waals surface area contributed by atoms with Crippen molar-refractivity contribution in [2.24, 2.45) is 0 Å². The maximum absolute atomic E-state index is 12.4. The number of aliphatic hydroxyl groups is 3. The van der Waals surface area contributed by atoms with Crippen molar-refractivity contribution in [1.29, 1.82) is 0 Å². The lowest BCUT2D eigenvalue weighted by atomic mass is 10.1. The SMILES string of the molecule is O=[N+]([O-])c1c(Cl)cccc1O[C@@H]1O[C@@H]([C@H](O)CF)[C@H](O)[C@H]1O. The normalized spacial score (nSPS) is 29.3. The predicted molar refractivity (Wildman–Crippen MR) is 71.4 cm³/mol. The number of ether oxygens (including phenoxy) is 2. The second-order valence-electron chi connectivity index (χ2n) is 4.63. The number of hydrogen-bond donors (Lipinski definition) is 3. The van der Waals surface area contributed by atoms with Crippen molar-refractivity contribution in [3.05, 3.63) is 33.3 Å². The van der Waals surface area contributed by atoms with E-state index in [0.717, 1.165) is 0 Å². The quantitative estimate of drug-likeness (QED) is 0.525. The van der Waals surface area contributed by atoms with Gasteiger partial charge in [0.2, 0.25) is 12.0 Å². The maximum Gasteiger partial charge on any atom is 0.329 e. The molecule has 8 nitrogen and oxygen atoms in total. The van der Waals surface area contributed by atoms with Crippen LogP contribution >= 0.6 is 11.6 Å². The van der Waals surface area contributed by atoms with E-state index in [-0.39, 0.29) is 10.8 Å². The monoisotopic (exact) mass is 337 g/mol. The Bertz CT molecular complexity index is 560. The van der Waals surface area contributed by atoms with Crippen molar-refractivity contribution in [1.82, 2.24) is 0 Å². The number of aliphatic hydroxyl groups excluding tert-OH is 3. The molecule has 10 heteroatoms. The lowest BCUT2D eigenvalue weighted by molar-refractivity contribution is -0.386. The summed E-state index contributed by atoms with van der Waals surface area (Å²) in [5, 5.41) is 39.7. The molecule has 0 aliphatic carbocycles. The van der Waals surface area contributed by atoms with Crippen LogP contribution in [0.2, 0.25) is 5.02 Å². The Morgan fingerprint density at radius 3 is 2.73 bits per heavy atom. The first-order chi connectivity index (χ1) is 10.4. The van der Waals surface area contributed by atoms with Gasteiger partial charge in [-0.3, -0.25) is 10.1 Å². The van der Waals surface area contributed by atoms with E-state index in [9.17, 15) is 29.8 Å². The van der Waals surface area contributed by atoms with E-state index in [1.165, 1.54) is 18.2 Å². The van der Waals surface area contributed by atoms with Gasteiger partial charge < -0.3 is 24.8 Å². The summed E-state index contributed by atoms with van der Waals surface area (Å²) in [6.45, 7) is -1.20. The largest absolute Gasteiger partial charge is 0.455 e. The molecule has 0 saturated carbocycles. The average Bonchev–Trinajstić information content (AvgIpc) is 2.74. The molecule has 5 atom stereocenters. The number of benzene rings is 1. The van der Waals surface area contributed by atoms with Crippen LogP contribution in [0.1, 0.15) is 0 Å². The molecule has 1 aliphatic rings. The number of nitro benzene ring substituents is 1. The number of nitrogens with zero attached hydrogens (tertiary/aromatic N) is 1. The minimum atomic E-state index is -1.66. The van der Waals surface area contributed by atoms with Crippen LogP contribution in [0.4, 0.5) is 10.1 Å². The van der Waals surface area contributed by atoms with Crippen LogP contribution in [0, 0.1) is 10.1 Å². The molecule has 1 fully saturated rings. The second-order valence-corrected chi connectivity index (χ2v) is 5.04. The summed E-state index contributed by atoms with van der Waals surface area (Å²) in [5.41, 5.74) is -0.538. The molecule has 1 saturated heterocycles. The van der Waals surface area contributed by atoms with Gasteiger partial charge in [-0.25, -0.2) is 4.39 Å². The van der Waals surface area contributed by atoms with E-state index in [2.05, 4.69) is 0 Å². The molecule has 0 aromatic heterocycles. The molecule has 1 aromatic rings. The van der Waals surface area contributed by atoms with Gasteiger partial charge in [0.25, 0.3) is 0 Å². The molecule has 0 radical (unpaired) electrons. The highest BCUT2D eigenvalue weighted by Gasteiger charge is 2.48. The van der Waals surface area contributed by atoms with E-state index in [1.54, 1.807) is 0 Å². The molecular weight excluding hydrogens is 325 g/mol. The molecule has 0 unspecified atom stereocenters. The van der Waals surface area contributed by atoms with Crippen molar-refractivity contribution in [3.8, 4) is 5.75 Å². The van der Waals surface area contributed by atoms with Crippen LogP contribution in [0.25, 0.3) is 0 Å². The predicted octanol–water partition coefficient (Wildman–Crippen LogP) is 0.404. The lowest BCUT2D eigenvalue weighted by Gasteiger charge is -2.18. The first kappa shape index (κ1) is 16.8. The van der Waals surface area contributed by atoms with Crippen LogP contribution in [-0.4, -0.2) is 57.6 Å². The fourth-order valence-electron chi connectivity index (χ4n) is 2.07. The first-order valence-corrected chi connectivity index (χ1v) is 6.59. The second kappa shape index (κ2) is 6.71. The van der Waals surface area contributed by atoms with Crippen molar-refractivity contribution < 1.29 is 34.1 Å². The molecule has 0 spiro atoms. The molecule has 2 rings (SSSR count).